The molecule has 0 spiro atoms. The molecule has 94 valence electrons. The quantitative estimate of drug-likeness (QED) is 0.811. The van der Waals surface area contributed by atoms with E-state index in [1.54, 1.807) is 6.20 Å². The first-order chi connectivity index (χ1) is 8.81. The van der Waals surface area contributed by atoms with Crippen LogP contribution in [-0.4, -0.2) is 17.8 Å². The summed E-state index contributed by atoms with van der Waals surface area (Å²) in [5.41, 5.74) is 6.96. The summed E-state index contributed by atoms with van der Waals surface area (Å²) < 4.78 is 0. The molecule has 2 rings (SSSR count). The van der Waals surface area contributed by atoms with Crippen molar-refractivity contribution in [2.75, 3.05) is 18.5 Å². The number of nitrogens with zero attached hydrogens (tertiary/aromatic N) is 1. The summed E-state index contributed by atoms with van der Waals surface area (Å²) in [6, 6.07) is 14.5. The Bertz CT molecular complexity index is 487. The van der Waals surface area contributed by atoms with Crippen LogP contribution in [0.5, 0.6) is 0 Å². The van der Waals surface area contributed by atoms with Gasteiger partial charge < -0.3 is 11.1 Å². The van der Waals surface area contributed by atoms with E-state index in [0.29, 0.717) is 5.82 Å². The Labute approximate surface area is 112 Å². The van der Waals surface area contributed by atoms with Crippen molar-refractivity contribution in [1.82, 2.24) is 10.3 Å². The molecule has 1 atom stereocenters. The molecule has 0 amide bonds. The Kier molecular flexibility index (Phi) is 4.61. The van der Waals surface area contributed by atoms with E-state index in [2.05, 4.69) is 34.6 Å². The summed E-state index contributed by atoms with van der Waals surface area (Å²) >= 11 is 1.81. The SMILES string of the molecule is CNC(CSc1ccccc1)c1cccnc1N. The lowest BCUT2D eigenvalue weighted by Crippen LogP contribution is -2.20. The van der Waals surface area contributed by atoms with Crippen LogP contribution in [0.25, 0.3) is 0 Å². The Morgan fingerprint density at radius 1 is 1.22 bits per heavy atom. The molecule has 1 unspecified atom stereocenters. The van der Waals surface area contributed by atoms with Crippen molar-refractivity contribution in [1.29, 1.82) is 0 Å². The Hall–Kier alpha value is -1.52. The van der Waals surface area contributed by atoms with Gasteiger partial charge in [-0.25, -0.2) is 4.98 Å². The van der Waals surface area contributed by atoms with Crippen LogP contribution in [0.4, 0.5) is 5.82 Å². The number of aromatic nitrogens is 1. The van der Waals surface area contributed by atoms with Crippen molar-refractivity contribution in [3.8, 4) is 0 Å². The van der Waals surface area contributed by atoms with Crippen molar-refractivity contribution in [3.63, 3.8) is 0 Å². The van der Waals surface area contributed by atoms with E-state index in [-0.39, 0.29) is 6.04 Å². The summed E-state index contributed by atoms with van der Waals surface area (Å²) in [6.45, 7) is 0. The van der Waals surface area contributed by atoms with Gasteiger partial charge in [-0.05, 0) is 25.2 Å². The molecular weight excluding hydrogens is 242 g/mol. The summed E-state index contributed by atoms with van der Waals surface area (Å²) in [6.07, 6.45) is 1.72. The average Bonchev–Trinajstić information content (AvgIpc) is 2.42. The highest BCUT2D eigenvalue weighted by atomic mass is 32.2. The van der Waals surface area contributed by atoms with Crippen LogP contribution in [0.15, 0.2) is 53.6 Å². The molecule has 0 bridgehead atoms. The Morgan fingerprint density at radius 3 is 2.67 bits per heavy atom. The van der Waals surface area contributed by atoms with Gasteiger partial charge in [0.1, 0.15) is 5.82 Å². The number of nitrogen functional groups attached to an aromatic ring is 1. The Balaban J connectivity index is 2.04. The van der Waals surface area contributed by atoms with Crippen LogP contribution in [0.3, 0.4) is 0 Å². The van der Waals surface area contributed by atoms with Gasteiger partial charge >= 0.3 is 0 Å². The molecule has 0 fully saturated rings. The Morgan fingerprint density at radius 2 is 2.00 bits per heavy atom. The fourth-order valence-electron chi connectivity index (χ4n) is 1.75. The monoisotopic (exact) mass is 259 g/mol. The molecule has 0 aliphatic heterocycles. The van der Waals surface area contributed by atoms with Gasteiger partial charge in [0, 0.05) is 28.5 Å². The van der Waals surface area contributed by atoms with Crippen LogP contribution < -0.4 is 11.1 Å². The van der Waals surface area contributed by atoms with Gasteiger partial charge in [-0.2, -0.15) is 0 Å². The molecule has 3 nitrogen and oxygen atoms in total. The zero-order valence-electron chi connectivity index (χ0n) is 10.3. The average molecular weight is 259 g/mol. The first kappa shape index (κ1) is 12.9. The van der Waals surface area contributed by atoms with Crippen LogP contribution in [0.2, 0.25) is 0 Å². The summed E-state index contributed by atoms with van der Waals surface area (Å²) in [5.74, 6) is 1.53. The first-order valence-corrected chi connectivity index (χ1v) is 6.85. The number of thioether (sulfide) groups is 1. The molecule has 3 N–H and O–H groups in total. The van der Waals surface area contributed by atoms with Gasteiger partial charge in [0.25, 0.3) is 0 Å². The van der Waals surface area contributed by atoms with Crippen molar-refractivity contribution in [3.05, 3.63) is 54.2 Å². The number of pyridine rings is 1. The van der Waals surface area contributed by atoms with Gasteiger partial charge in [0.15, 0.2) is 0 Å². The maximum Gasteiger partial charge on any atom is 0.128 e. The number of nitrogens with two attached hydrogens (primary N) is 1. The minimum absolute atomic E-state index is 0.212. The second-order valence-electron chi connectivity index (χ2n) is 3.94. The largest absolute Gasteiger partial charge is 0.383 e. The van der Waals surface area contributed by atoms with E-state index >= 15 is 0 Å². The molecule has 1 heterocycles. The molecule has 1 aromatic heterocycles. The van der Waals surface area contributed by atoms with Gasteiger partial charge in [-0.15, -0.1) is 11.8 Å². The number of hydrogen-bond acceptors (Lipinski definition) is 4. The van der Waals surface area contributed by atoms with Gasteiger partial charge in [-0.1, -0.05) is 24.3 Å². The zero-order chi connectivity index (χ0) is 12.8. The van der Waals surface area contributed by atoms with Gasteiger partial charge in [0.05, 0.1) is 0 Å². The van der Waals surface area contributed by atoms with E-state index in [4.69, 9.17) is 5.73 Å². The third-order valence-corrected chi connectivity index (χ3v) is 3.86. The van der Waals surface area contributed by atoms with Crippen LogP contribution in [0, 0.1) is 0 Å². The predicted molar refractivity (Wildman–Crippen MR) is 77.6 cm³/mol. The van der Waals surface area contributed by atoms with Gasteiger partial charge in [-0.3, -0.25) is 0 Å². The summed E-state index contributed by atoms with van der Waals surface area (Å²) in [7, 11) is 1.95. The molecule has 0 aliphatic carbocycles. The molecular formula is C14H17N3S. The molecule has 2 aromatic rings. The number of rotatable bonds is 5. The molecule has 0 radical (unpaired) electrons. The predicted octanol–water partition coefficient (Wildman–Crippen LogP) is 2.72. The van der Waals surface area contributed by atoms with Crippen molar-refractivity contribution < 1.29 is 0 Å². The second-order valence-corrected chi connectivity index (χ2v) is 5.04. The number of benzene rings is 1. The van der Waals surface area contributed by atoms with Crippen LogP contribution in [0.1, 0.15) is 11.6 Å². The highest BCUT2D eigenvalue weighted by Gasteiger charge is 2.12. The number of nitrogens with one attached hydrogen (secondary N) is 1. The van der Waals surface area contributed by atoms with Gasteiger partial charge in [0.2, 0.25) is 0 Å². The van der Waals surface area contributed by atoms with Crippen molar-refractivity contribution in [2.45, 2.75) is 10.9 Å². The third-order valence-electron chi connectivity index (χ3n) is 2.75. The van der Waals surface area contributed by atoms with E-state index < -0.39 is 0 Å². The van der Waals surface area contributed by atoms with Crippen molar-refractivity contribution in [2.24, 2.45) is 0 Å². The fourth-order valence-corrected chi connectivity index (χ4v) is 2.80. The van der Waals surface area contributed by atoms with Crippen molar-refractivity contribution >= 4 is 17.6 Å². The highest BCUT2D eigenvalue weighted by molar-refractivity contribution is 7.99. The lowest BCUT2D eigenvalue weighted by atomic mass is 10.1. The topological polar surface area (TPSA) is 50.9 Å². The highest BCUT2D eigenvalue weighted by Crippen LogP contribution is 2.26. The molecule has 0 saturated heterocycles. The second kappa shape index (κ2) is 6.42. The smallest absolute Gasteiger partial charge is 0.128 e. The van der Waals surface area contributed by atoms with E-state index in [9.17, 15) is 0 Å². The minimum Gasteiger partial charge on any atom is -0.383 e. The minimum atomic E-state index is 0.212. The molecule has 4 heteroatoms. The maximum absolute atomic E-state index is 5.91. The van der Waals surface area contributed by atoms with E-state index in [1.165, 1.54) is 4.90 Å². The summed E-state index contributed by atoms with van der Waals surface area (Å²) in [4.78, 5) is 5.40. The van der Waals surface area contributed by atoms with Crippen LogP contribution >= 0.6 is 11.8 Å². The fraction of sp³-hybridized carbons (Fsp3) is 0.214. The molecule has 0 saturated carbocycles. The lowest BCUT2D eigenvalue weighted by Gasteiger charge is -2.17. The molecule has 1 aromatic carbocycles. The third kappa shape index (κ3) is 3.24. The standard InChI is InChI=1S/C14H17N3S/c1-16-13(12-8-5-9-17-14(12)15)10-18-11-6-3-2-4-7-11/h2-9,13,16H,10H2,1H3,(H2,15,17). The number of anilines is 1. The zero-order valence-corrected chi connectivity index (χ0v) is 11.2. The molecule has 0 aliphatic rings. The normalized spacial score (nSPS) is 12.3. The molecule has 18 heavy (non-hydrogen) atoms. The summed E-state index contributed by atoms with van der Waals surface area (Å²) in [5, 5.41) is 3.29. The van der Waals surface area contributed by atoms with E-state index in [1.807, 2.05) is 37.0 Å². The lowest BCUT2D eigenvalue weighted by molar-refractivity contribution is 0.661. The van der Waals surface area contributed by atoms with Crippen LogP contribution in [-0.2, 0) is 0 Å². The maximum atomic E-state index is 5.91. The van der Waals surface area contributed by atoms with E-state index in [0.717, 1.165) is 11.3 Å². The number of hydrogen-bond donors (Lipinski definition) is 2. The first-order valence-electron chi connectivity index (χ1n) is 5.86.